The summed E-state index contributed by atoms with van der Waals surface area (Å²) in [6, 6.07) is 5.40. The van der Waals surface area contributed by atoms with Crippen molar-refractivity contribution in [2.75, 3.05) is 16.0 Å². The summed E-state index contributed by atoms with van der Waals surface area (Å²) in [5.74, 6) is -1.82. The number of imidazole rings is 1. The van der Waals surface area contributed by atoms with Gasteiger partial charge in [0, 0.05) is 18.2 Å². The number of hydrogen-bond acceptors (Lipinski definition) is 6. The van der Waals surface area contributed by atoms with Crippen LogP contribution in [0.15, 0.2) is 24.4 Å². The largest absolute Gasteiger partial charge is 0.465 e. The summed E-state index contributed by atoms with van der Waals surface area (Å²) in [4.78, 5) is 14.9. The van der Waals surface area contributed by atoms with Crippen LogP contribution in [0.5, 0.6) is 0 Å². The fourth-order valence-corrected chi connectivity index (χ4v) is 2.65. The Morgan fingerprint density at radius 1 is 1.21 bits per heavy atom. The average molecular weight is 385 g/mol. The number of carboxylic acid groups (broad SMARTS) is 1. The van der Waals surface area contributed by atoms with Crippen LogP contribution in [0.4, 0.5) is 36.5 Å². The second-order valence-corrected chi connectivity index (χ2v) is 6.22. The number of nitrogens with one attached hydrogen (secondary N) is 3. The maximum absolute atomic E-state index is 14.2. The summed E-state index contributed by atoms with van der Waals surface area (Å²) >= 11 is 0. The molecule has 0 aliphatic heterocycles. The van der Waals surface area contributed by atoms with Crippen molar-refractivity contribution < 1.29 is 18.7 Å². The third-order valence-corrected chi connectivity index (χ3v) is 4.08. The van der Waals surface area contributed by atoms with E-state index in [0.717, 1.165) is 18.9 Å². The van der Waals surface area contributed by atoms with Crippen molar-refractivity contribution in [1.29, 1.82) is 5.26 Å². The third kappa shape index (κ3) is 3.35. The van der Waals surface area contributed by atoms with Gasteiger partial charge in [-0.3, -0.25) is 5.32 Å². The number of benzene rings is 1. The van der Waals surface area contributed by atoms with Gasteiger partial charge in [0.15, 0.2) is 17.2 Å². The molecule has 0 saturated heterocycles. The summed E-state index contributed by atoms with van der Waals surface area (Å²) in [5, 5.41) is 30.0. The second-order valence-electron chi connectivity index (χ2n) is 6.22. The minimum absolute atomic E-state index is 0.164. The van der Waals surface area contributed by atoms with E-state index in [1.165, 1.54) is 10.7 Å². The molecule has 0 unspecified atom stereocenters. The Labute approximate surface area is 156 Å². The molecule has 11 heteroatoms. The molecule has 9 nitrogen and oxygen atoms in total. The van der Waals surface area contributed by atoms with Crippen molar-refractivity contribution in [3.05, 3.63) is 41.7 Å². The van der Waals surface area contributed by atoms with Crippen molar-refractivity contribution in [1.82, 2.24) is 14.6 Å². The van der Waals surface area contributed by atoms with E-state index >= 15 is 0 Å². The van der Waals surface area contributed by atoms with Crippen molar-refractivity contribution in [3.8, 4) is 6.07 Å². The molecule has 142 valence electrons. The number of anilines is 4. The Bertz CT molecular complexity index is 1130. The summed E-state index contributed by atoms with van der Waals surface area (Å²) in [6.45, 7) is 0. The van der Waals surface area contributed by atoms with E-state index in [9.17, 15) is 18.8 Å². The smallest absolute Gasteiger partial charge is 0.409 e. The molecule has 4 rings (SSSR count). The minimum atomic E-state index is -1.48. The molecule has 0 atom stereocenters. The number of hydrogen-bond donors (Lipinski definition) is 4. The van der Waals surface area contributed by atoms with Crippen molar-refractivity contribution in [3.63, 3.8) is 0 Å². The van der Waals surface area contributed by atoms with E-state index in [0.29, 0.717) is 17.4 Å². The number of rotatable bonds is 5. The van der Waals surface area contributed by atoms with Gasteiger partial charge >= 0.3 is 6.09 Å². The van der Waals surface area contributed by atoms with Crippen LogP contribution in [0.2, 0.25) is 0 Å². The SMILES string of the molecule is N#Cc1cnc2c(NC3CC3)cc(Nc3cc(NC(=O)O)c(F)cc3F)nn12. The lowest BCUT2D eigenvalue weighted by atomic mass is 10.2. The van der Waals surface area contributed by atoms with Crippen LogP contribution in [0, 0.1) is 23.0 Å². The highest BCUT2D eigenvalue weighted by atomic mass is 19.1. The standard InChI is InChI=1S/C17H13F2N7O2/c18-10-3-11(19)13(24-17(27)28)4-12(10)23-15-5-14(22-8-1-2-8)16-21-7-9(6-20)26(16)25-15/h3-5,7-8,22,24H,1-2H2,(H,23,25)(H,27,28). The van der Waals surface area contributed by atoms with Gasteiger partial charge < -0.3 is 15.7 Å². The van der Waals surface area contributed by atoms with Gasteiger partial charge in [-0.25, -0.2) is 18.6 Å². The lowest BCUT2D eigenvalue weighted by Gasteiger charge is -2.13. The number of nitrogens with zero attached hydrogens (tertiary/aromatic N) is 4. The molecule has 3 aromatic rings. The van der Waals surface area contributed by atoms with E-state index in [2.05, 4.69) is 20.7 Å². The lowest BCUT2D eigenvalue weighted by Crippen LogP contribution is -2.11. The highest BCUT2D eigenvalue weighted by Crippen LogP contribution is 2.30. The van der Waals surface area contributed by atoms with E-state index in [1.807, 2.05) is 11.4 Å². The number of nitriles is 1. The number of fused-ring (bicyclic) bond motifs is 1. The van der Waals surface area contributed by atoms with Crippen LogP contribution >= 0.6 is 0 Å². The van der Waals surface area contributed by atoms with Crippen LogP contribution in [0.25, 0.3) is 5.65 Å². The van der Waals surface area contributed by atoms with Crippen LogP contribution < -0.4 is 16.0 Å². The molecular weight excluding hydrogens is 372 g/mol. The molecule has 0 radical (unpaired) electrons. The molecule has 1 aliphatic carbocycles. The highest BCUT2D eigenvalue weighted by Gasteiger charge is 2.23. The van der Waals surface area contributed by atoms with Gasteiger partial charge in [0.25, 0.3) is 0 Å². The first-order chi connectivity index (χ1) is 13.4. The lowest BCUT2D eigenvalue weighted by molar-refractivity contribution is 0.209. The van der Waals surface area contributed by atoms with E-state index in [-0.39, 0.29) is 23.2 Å². The Morgan fingerprint density at radius 3 is 2.64 bits per heavy atom. The topological polar surface area (TPSA) is 127 Å². The zero-order valence-electron chi connectivity index (χ0n) is 14.2. The second kappa shape index (κ2) is 6.66. The third-order valence-electron chi connectivity index (χ3n) is 4.08. The molecule has 1 saturated carbocycles. The van der Waals surface area contributed by atoms with Gasteiger partial charge in [0.05, 0.1) is 23.3 Å². The van der Waals surface area contributed by atoms with Crippen molar-refractivity contribution in [2.45, 2.75) is 18.9 Å². The molecule has 0 bridgehead atoms. The quantitative estimate of drug-likeness (QED) is 0.531. The molecule has 2 heterocycles. The Balaban J connectivity index is 1.75. The van der Waals surface area contributed by atoms with Gasteiger partial charge in [-0.1, -0.05) is 0 Å². The summed E-state index contributed by atoms with van der Waals surface area (Å²) in [6.07, 6.45) is 1.89. The number of amides is 1. The Morgan fingerprint density at radius 2 is 1.96 bits per heavy atom. The van der Waals surface area contributed by atoms with E-state index < -0.39 is 23.4 Å². The molecule has 28 heavy (non-hydrogen) atoms. The van der Waals surface area contributed by atoms with Crippen LogP contribution in [-0.4, -0.2) is 31.8 Å². The maximum atomic E-state index is 14.2. The zero-order valence-corrected chi connectivity index (χ0v) is 14.2. The van der Waals surface area contributed by atoms with Gasteiger partial charge in [0.1, 0.15) is 17.7 Å². The van der Waals surface area contributed by atoms with Crippen LogP contribution in [0.1, 0.15) is 18.5 Å². The predicted molar refractivity (Wildman–Crippen MR) is 95.6 cm³/mol. The molecule has 2 aromatic heterocycles. The average Bonchev–Trinajstić information content (AvgIpc) is 3.35. The molecule has 1 fully saturated rings. The molecule has 1 aliphatic rings. The first-order valence-electron chi connectivity index (χ1n) is 8.26. The zero-order chi connectivity index (χ0) is 19.8. The summed E-state index contributed by atoms with van der Waals surface area (Å²) < 4.78 is 29.2. The van der Waals surface area contributed by atoms with Gasteiger partial charge in [-0.05, 0) is 18.9 Å². The van der Waals surface area contributed by atoms with Crippen LogP contribution in [0.3, 0.4) is 0 Å². The summed E-state index contributed by atoms with van der Waals surface area (Å²) in [7, 11) is 0. The van der Waals surface area contributed by atoms with E-state index in [1.54, 1.807) is 6.07 Å². The fourth-order valence-electron chi connectivity index (χ4n) is 2.65. The minimum Gasteiger partial charge on any atom is -0.465 e. The van der Waals surface area contributed by atoms with Gasteiger partial charge in [-0.15, -0.1) is 5.10 Å². The number of halogens is 2. The fraction of sp³-hybridized carbons (Fsp3) is 0.176. The van der Waals surface area contributed by atoms with Crippen molar-refractivity contribution in [2.24, 2.45) is 0 Å². The first kappa shape index (κ1) is 17.5. The summed E-state index contributed by atoms with van der Waals surface area (Å²) in [5.41, 5.74) is 0.641. The van der Waals surface area contributed by atoms with Crippen LogP contribution in [-0.2, 0) is 0 Å². The Kier molecular flexibility index (Phi) is 4.15. The van der Waals surface area contributed by atoms with Crippen molar-refractivity contribution >= 4 is 34.6 Å². The normalized spacial score (nSPS) is 13.2. The monoisotopic (exact) mass is 385 g/mol. The van der Waals surface area contributed by atoms with E-state index in [4.69, 9.17) is 5.11 Å². The van der Waals surface area contributed by atoms with Gasteiger partial charge in [0.2, 0.25) is 0 Å². The number of aromatic nitrogens is 3. The molecule has 0 spiro atoms. The molecule has 1 amide bonds. The number of carbonyl (C=O) groups is 1. The molecule has 4 N–H and O–H groups in total. The molecular formula is C17H13F2N7O2. The van der Waals surface area contributed by atoms with Gasteiger partial charge in [-0.2, -0.15) is 9.78 Å². The molecule has 1 aromatic carbocycles. The maximum Gasteiger partial charge on any atom is 0.409 e. The first-order valence-corrected chi connectivity index (χ1v) is 8.26. The predicted octanol–water partition coefficient (Wildman–Crippen LogP) is 3.29. The highest BCUT2D eigenvalue weighted by molar-refractivity contribution is 5.84. The Hall–Kier alpha value is -3.94.